The molecule has 0 atom stereocenters. The fraction of sp³-hybridized carbons (Fsp3) is 0.238. The summed E-state index contributed by atoms with van der Waals surface area (Å²) in [6.07, 6.45) is 0.770. The van der Waals surface area contributed by atoms with Gasteiger partial charge in [0.15, 0.2) is 0 Å². The third-order valence-electron chi connectivity index (χ3n) is 3.93. The van der Waals surface area contributed by atoms with Gasteiger partial charge in [0, 0.05) is 17.3 Å². The van der Waals surface area contributed by atoms with Crippen LogP contribution in [0.3, 0.4) is 0 Å². The lowest BCUT2D eigenvalue weighted by molar-refractivity contribution is -0.113. The Bertz CT molecular complexity index is 1100. The number of alkyl halides is 1. The van der Waals surface area contributed by atoms with E-state index < -0.39 is 23.1 Å². The molecule has 2 rings (SSSR count). The summed E-state index contributed by atoms with van der Waals surface area (Å²) >= 11 is 5.55. The van der Waals surface area contributed by atoms with Gasteiger partial charge in [-0.3, -0.25) is 9.59 Å². The Morgan fingerprint density at radius 2 is 2.10 bits per heavy atom. The number of nitrogens with zero attached hydrogens (tertiary/aromatic N) is 1. The van der Waals surface area contributed by atoms with Crippen LogP contribution in [0.2, 0.25) is 0 Å². The summed E-state index contributed by atoms with van der Waals surface area (Å²) in [5.41, 5.74) is 4.48. The first-order valence-corrected chi connectivity index (χ1v) is 9.28. The molecule has 0 aliphatic carbocycles. The summed E-state index contributed by atoms with van der Waals surface area (Å²) in [5, 5.41) is 19.8. The van der Waals surface area contributed by atoms with Gasteiger partial charge in [-0.05, 0) is 50.5 Å². The van der Waals surface area contributed by atoms with Crippen LogP contribution in [0.25, 0.3) is 0 Å². The standard InChI is InChI=1S/C21H20ClFN4O3/c1-11-8-16(26-17(28)9-22)19(27-15(11)6-7-21(2,3)30)20(29)12-4-5-14(23)18(25)13(12)10-24/h4-5,8,10,24,30H,9,25H2,1-3H3,(H,26,28). The molecule has 0 unspecified atom stereocenters. The number of pyridine rings is 1. The smallest absolute Gasteiger partial charge is 0.239 e. The maximum Gasteiger partial charge on any atom is 0.239 e. The normalized spacial score (nSPS) is 10.7. The molecule has 0 bridgehead atoms. The maximum absolute atomic E-state index is 13.8. The van der Waals surface area contributed by atoms with Crippen molar-refractivity contribution in [3.8, 4) is 11.8 Å². The highest BCUT2D eigenvalue weighted by Gasteiger charge is 2.23. The Morgan fingerprint density at radius 3 is 2.67 bits per heavy atom. The summed E-state index contributed by atoms with van der Waals surface area (Å²) in [7, 11) is 0. The molecule has 0 aliphatic heterocycles. The number of aryl methyl sites for hydroxylation is 1. The second-order valence-corrected chi connectivity index (χ2v) is 7.20. The molecule has 1 aromatic carbocycles. The number of carbonyl (C=O) groups is 2. The van der Waals surface area contributed by atoms with Gasteiger partial charge in [0.1, 0.15) is 28.7 Å². The highest BCUT2D eigenvalue weighted by molar-refractivity contribution is 6.29. The zero-order valence-electron chi connectivity index (χ0n) is 16.6. The molecule has 0 saturated carbocycles. The van der Waals surface area contributed by atoms with Crippen molar-refractivity contribution in [3.05, 3.63) is 52.1 Å². The fourth-order valence-electron chi connectivity index (χ4n) is 2.49. The van der Waals surface area contributed by atoms with E-state index in [4.69, 9.17) is 22.7 Å². The number of nitrogens with two attached hydrogens (primary N) is 1. The van der Waals surface area contributed by atoms with E-state index >= 15 is 0 Å². The van der Waals surface area contributed by atoms with E-state index in [9.17, 15) is 19.1 Å². The average Bonchev–Trinajstić information content (AvgIpc) is 2.67. The number of carbonyl (C=O) groups excluding carboxylic acids is 2. The Hall–Kier alpha value is -3.28. The Balaban J connectivity index is 2.72. The van der Waals surface area contributed by atoms with Gasteiger partial charge in [-0.25, -0.2) is 9.37 Å². The van der Waals surface area contributed by atoms with Crippen LogP contribution in [0.1, 0.15) is 46.7 Å². The molecule has 30 heavy (non-hydrogen) atoms. The first-order valence-electron chi connectivity index (χ1n) is 8.74. The molecule has 1 amide bonds. The number of nitrogen functional groups attached to an aromatic ring is 1. The van der Waals surface area contributed by atoms with Crippen molar-refractivity contribution in [2.75, 3.05) is 16.9 Å². The summed E-state index contributed by atoms with van der Waals surface area (Å²) in [6.45, 7) is 4.66. The van der Waals surface area contributed by atoms with E-state index in [1.807, 2.05) is 0 Å². The van der Waals surface area contributed by atoms with Crippen molar-refractivity contribution in [2.24, 2.45) is 0 Å². The Morgan fingerprint density at radius 1 is 1.43 bits per heavy atom. The molecule has 7 nitrogen and oxygen atoms in total. The van der Waals surface area contributed by atoms with Crippen molar-refractivity contribution in [1.29, 1.82) is 5.41 Å². The van der Waals surface area contributed by atoms with Gasteiger partial charge >= 0.3 is 0 Å². The van der Waals surface area contributed by atoms with Crippen molar-refractivity contribution >= 4 is 40.9 Å². The van der Waals surface area contributed by atoms with Crippen LogP contribution in [0.15, 0.2) is 18.2 Å². The minimum atomic E-state index is -1.29. The number of benzene rings is 1. The molecule has 0 fully saturated rings. The largest absolute Gasteiger partial charge is 0.396 e. The predicted molar refractivity (Wildman–Crippen MR) is 114 cm³/mol. The van der Waals surface area contributed by atoms with Gasteiger partial charge in [0.05, 0.1) is 11.4 Å². The van der Waals surface area contributed by atoms with Crippen molar-refractivity contribution in [2.45, 2.75) is 26.4 Å². The Labute approximate surface area is 178 Å². The molecule has 1 heterocycles. The summed E-state index contributed by atoms with van der Waals surface area (Å²) in [4.78, 5) is 29.3. The summed E-state index contributed by atoms with van der Waals surface area (Å²) < 4.78 is 13.8. The topological polar surface area (TPSA) is 129 Å². The van der Waals surface area contributed by atoms with Crippen LogP contribution in [0, 0.1) is 30.0 Å². The molecule has 0 spiro atoms. The number of aromatic nitrogens is 1. The van der Waals surface area contributed by atoms with E-state index in [0.29, 0.717) is 5.56 Å². The molecule has 0 radical (unpaired) electrons. The number of rotatable bonds is 5. The van der Waals surface area contributed by atoms with Crippen LogP contribution >= 0.6 is 11.6 Å². The number of anilines is 2. The van der Waals surface area contributed by atoms with Gasteiger partial charge in [-0.1, -0.05) is 5.92 Å². The van der Waals surface area contributed by atoms with Gasteiger partial charge < -0.3 is 21.6 Å². The summed E-state index contributed by atoms with van der Waals surface area (Å²) in [6, 6.07) is 3.69. The first-order chi connectivity index (χ1) is 14.0. The molecular formula is C21H20ClFN4O3. The SMILES string of the molecule is Cc1cc(NC(=O)CCl)c(C(=O)c2ccc(F)c(N)c2C=N)nc1C#CC(C)(C)O. The van der Waals surface area contributed by atoms with Crippen molar-refractivity contribution in [3.63, 3.8) is 0 Å². The number of amides is 1. The monoisotopic (exact) mass is 430 g/mol. The van der Waals surface area contributed by atoms with Crippen molar-refractivity contribution in [1.82, 2.24) is 4.98 Å². The fourth-order valence-corrected chi connectivity index (χ4v) is 2.56. The van der Waals surface area contributed by atoms with E-state index in [0.717, 1.165) is 12.3 Å². The summed E-state index contributed by atoms with van der Waals surface area (Å²) in [5.74, 6) is 2.95. The van der Waals surface area contributed by atoms with Crippen LogP contribution in [0.4, 0.5) is 15.8 Å². The number of aliphatic hydroxyl groups is 1. The number of nitrogens with one attached hydrogen (secondary N) is 2. The minimum absolute atomic E-state index is 0.0666. The zero-order chi connectivity index (χ0) is 22.6. The van der Waals surface area contributed by atoms with E-state index in [1.54, 1.807) is 6.92 Å². The first kappa shape index (κ1) is 23.0. The number of hydrogen-bond donors (Lipinski definition) is 4. The maximum atomic E-state index is 13.8. The third kappa shape index (κ3) is 5.20. The lowest BCUT2D eigenvalue weighted by atomic mass is 9.98. The molecule has 5 N–H and O–H groups in total. The molecule has 0 aliphatic rings. The molecule has 0 saturated heterocycles. The minimum Gasteiger partial charge on any atom is -0.396 e. The van der Waals surface area contributed by atoms with Gasteiger partial charge in [0.2, 0.25) is 11.7 Å². The molecule has 156 valence electrons. The number of hydrogen-bond acceptors (Lipinski definition) is 6. The number of ketones is 1. The number of halogens is 2. The van der Waals surface area contributed by atoms with Gasteiger partial charge in [0.25, 0.3) is 0 Å². The second-order valence-electron chi connectivity index (χ2n) is 6.94. The highest BCUT2D eigenvalue weighted by Crippen LogP contribution is 2.26. The van der Waals surface area contributed by atoms with Gasteiger partial charge in [-0.15, -0.1) is 11.6 Å². The molecule has 2 aromatic rings. The van der Waals surface area contributed by atoms with E-state index in [2.05, 4.69) is 22.1 Å². The molecule has 1 aromatic heterocycles. The van der Waals surface area contributed by atoms with Crippen LogP contribution in [-0.2, 0) is 4.79 Å². The lowest BCUT2D eigenvalue weighted by Crippen LogP contribution is -2.19. The third-order valence-corrected chi connectivity index (χ3v) is 4.18. The predicted octanol–water partition coefficient (Wildman–Crippen LogP) is 2.64. The molecule has 9 heteroatoms. The van der Waals surface area contributed by atoms with Crippen LogP contribution in [0.5, 0.6) is 0 Å². The zero-order valence-corrected chi connectivity index (χ0v) is 17.3. The van der Waals surface area contributed by atoms with E-state index in [1.165, 1.54) is 26.0 Å². The second kappa shape index (κ2) is 9.03. The highest BCUT2D eigenvalue weighted by atomic mass is 35.5. The lowest BCUT2D eigenvalue weighted by Gasteiger charge is -2.14. The quantitative estimate of drug-likeness (QED) is 0.190. The molecular weight excluding hydrogens is 411 g/mol. The Kier molecular flexibility index (Phi) is 6.92. The van der Waals surface area contributed by atoms with Gasteiger partial charge in [-0.2, -0.15) is 0 Å². The van der Waals surface area contributed by atoms with Crippen molar-refractivity contribution < 1.29 is 19.1 Å². The van der Waals surface area contributed by atoms with E-state index in [-0.39, 0.29) is 39.8 Å². The van der Waals surface area contributed by atoms with Crippen LogP contribution in [-0.4, -0.2) is 39.5 Å². The van der Waals surface area contributed by atoms with Crippen LogP contribution < -0.4 is 11.1 Å². The average molecular weight is 431 g/mol.